The first-order valence-corrected chi connectivity index (χ1v) is 9.34. The zero-order valence-electron chi connectivity index (χ0n) is 16.2. The fourth-order valence-corrected chi connectivity index (χ4v) is 3.69. The van der Waals surface area contributed by atoms with Crippen molar-refractivity contribution in [2.75, 3.05) is 11.4 Å². The lowest BCUT2D eigenvalue weighted by molar-refractivity contribution is 0.00578. The Bertz CT molecular complexity index is 868. The van der Waals surface area contributed by atoms with Gasteiger partial charge in [0.05, 0.1) is 11.2 Å². The lowest BCUT2D eigenvalue weighted by Crippen LogP contribution is -2.41. The molecule has 0 unspecified atom stereocenters. The number of nitrogens with zero attached hydrogens (tertiary/aromatic N) is 1. The van der Waals surface area contributed by atoms with Crippen molar-refractivity contribution in [1.82, 2.24) is 0 Å². The van der Waals surface area contributed by atoms with Crippen molar-refractivity contribution >= 4 is 18.3 Å². The van der Waals surface area contributed by atoms with Crippen LogP contribution in [0.25, 0.3) is 0 Å². The summed E-state index contributed by atoms with van der Waals surface area (Å²) in [5.41, 5.74) is 2.66. The average molecular weight is 371 g/mol. The number of halogens is 2. The predicted molar refractivity (Wildman–Crippen MR) is 103 cm³/mol. The zero-order chi connectivity index (χ0) is 19.4. The molecule has 1 fully saturated rings. The molecule has 6 heteroatoms. The SMILES string of the molecule is CC1(C)OB(c2cc(F)ccc2CN2CCc3ccc(F)cc32)OC1(C)C. The molecule has 0 atom stereocenters. The molecule has 2 aromatic rings. The van der Waals surface area contributed by atoms with Gasteiger partial charge in [-0.2, -0.15) is 0 Å². The van der Waals surface area contributed by atoms with Crippen molar-refractivity contribution in [3.8, 4) is 0 Å². The van der Waals surface area contributed by atoms with Gasteiger partial charge in [-0.25, -0.2) is 8.78 Å². The van der Waals surface area contributed by atoms with Crippen LogP contribution in [0.2, 0.25) is 0 Å². The van der Waals surface area contributed by atoms with Crippen molar-refractivity contribution < 1.29 is 18.1 Å². The van der Waals surface area contributed by atoms with E-state index in [9.17, 15) is 8.78 Å². The third-order valence-electron chi connectivity index (χ3n) is 6.02. The second-order valence-corrected chi connectivity index (χ2v) is 8.38. The van der Waals surface area contributed by atoms with Crippen LogP contribution in [0.15, 0.2) is 36.4 Å². The molecule has 0 spiro atoms. The predicted octanol–water partition coefficient (Wildman–Crippen LogP) is 3.83. The van der Waals surface area contributed by atoms with Crippen LogP contribution in [0.5, 0.6) is 0 Å². The van der Waals surface area contributed by atoms with Crippen LogP contribution in [-0.2, 0) is 22.3 Å². The molecule has 2 aromatic carbocycles. The number of benzene rings is 2. The summed E-state index contributed by atoms with van der Waals surface area (Å²) in [6.07, 6.45) is 0.878. The molecular formula is C21H24BF2NO2. The van der Waals surface area contributed by atoms with Crippen molar-refractivity contribution in [1.29, 1.82) is 0 Å². The number of rotatable bonds is 3. The maximum atomic E-state index is 14.0. The molecule has 0 N–H and O–H groups in total. The number of hydrogen-bond donors (Lipinski definition) is 0. The third kappa shape index (κ3) is 3.25. The summed E-state index contributed by atoms with van der Waals surface area (Å²) < 4.78 is 40.0. The van der Waals surface area contributed by atoms with Crippen LogP contribution in [0.1, 0.15) is 38.8 Å². The van der Waals surface area contributed by atoms with Gasteiger partial charge in [-0.3, -0.25) is 0 Å². The first-order chi connectivity index (χ1) is 12.7. The van der Waals surface area contributed by atoms with Gasteiger partial charge in [0.25, 0.3) is 0 Å². The van der Waals surface area contributed by atoms with Gasteiger partial charge in [-0.1, -0.05) is 12.1 Å². The smallest absolute Gasteiger partial charge is 0.399 e. The zero-order valence-corrected chi connectivity index (χ0v) is 16.2. The van der Waals surface area contributed by atoms with E-state index in [0.29, 0.717) is 12.0 Å². The van der Waals surface area contributed by atoms with E-state index >= 15 is 0 Å². The maximum absolute atomic E-state index is 14.0. The van der Waals surface area contributed by atoms with Crippen molar-refractivity contribution in [2.45, 2.75) is 51.9 Å². The van der Waals surface area contributed by atoms with E-state index in [1.54, 1.807) is 12.1 Å². The van der Waals surface area contributed by atoms with Crippen LogP contribution in [0.4, 0.5) is 14.5 Å². The minimum atomic E-state index is -0.629. The highest BCUT2D eigenvalue weighted by Gasteiger charge is 2.52. The topological polar surface area (TPSA) is 21.7 Å². The van der Waals surface area contributed by atoms with E-state index in [1.807, 2.05) is 33.8 Å². The first kappa shape index (κ1) is 18.4. The highest BCUT2D eigenvalue weighted by molar-refractivity contribution is 6.62. The Morgan fingerprint density at radius 1 is 0.963 bits per heavy atom. The van der Waals surface area contributed by atoms with E-state index in [0.717, 1.165) is 29.8 Å². The second kappa shape index (κ2) is 6.31. The Hall–Kier alpha value is -1.92. The Kier molecular flexibility index (Phi) is 4.31. The molecule has 0 saturated carbocycles. The molecule has 0 aliphatic carbocycles. The molecule has 0 radical (unpaired) electrons. The molecular weight excluding hydrogens is 347 g/mol. The van der Waals surface area contributed by atoms with Crippen LogP contribution < -0.4 is 10.4 Å². The van der Waals surface area contributed by atoms with Gasteiger partial charge in [0, 0.05) is 18.8 Å². The van der Waals surface area contributed by atoms with Gasteiger partial charge >= 0.3 is 7.12 Å². The normalized spacial score (nSPS) is 20.2. The molecule has 3 nitrogen and oxygen atoms in total. The van der Waals surface area contributed by atoms with E-state index in [1.165, 1.54) is 18.2 Å². The summed E-state index contributed by atoms with van der Waals surface area (Å²) in [4.78, 5) is 2.13. The third-order valence-corrected chi connectivity index (χ3v) is 6.02. The van der Waals surface area contributed by atoms with Crippen molar-refractivity contribution in [3.63, 3.8) is 0 Å². The Morgan fingerprint density at radius 2 is 1.59 bits per heavy atom. The van der Waals surface area contributed by atoms with Crippen molar-refractivity contribution in [2.24, 2.45) is 0 Å². The van der Waals surface area contributed by atoms with Crippen LogP contribution >= 0.6 is 0 Å². The van der Waals surface area contributed by atoms with Gasteiger partial charge < -0.3 is 14.2 Å². The van der Waals surface area contributed by atoms with Crippen LogP contribution in [0, 0.1) is 11.6 Å². The molecule has 1 saturated heterocycles. The van der Waals surface area contributed by atoms with Crippen LogP contribution in [0.3, 0.4) is 0 Å². The van der Waals surface area contributed by atoms with Gasteiger partial charge in [0.1, 0.15) is 11.6 Å². The Labute approximate surface area is 159 Å². The summed E-state index contributed by atoms with van der Waals surface area (Å²) in [6.45, 7) is 9.27. The number of hydrogen-bond acceptors (Lipinski definition) is 3. The molecule has 142 valence electrons. The molecule has 2 aliphatic rings. The summed E-state index contributed by atoms with van der Waals surface area (Å²) in [7, 11) is -0.629. The monoisotopic (exact) mass is 371 g/mol. The van der Waals surface area contributed by atoms with E-state index in [-0.39, 0.29) is 11.6 Å². The highest BCUT2D eigenvalue weighted by Crippen LogP contribution is 2.37. The molecule has 2 heterocycles. The van der Waals surface area contributed by atoms with Gasteiger partial charge in [0.2, 0.25) is 0 Å². The summed E-state index contributed by atoms with van der Waals surface area (Å²) in [5.74, 6) is -0.567. The molecule has 0 aromatic heterocycles. The highest BCUT2D eigenvalue weighted by atomic mass is 19.1. The fourth-order valence-electron chi connectivity index (χ4n) is 3.69. The van der Waals surface area contributed by atoms with E-state index in [2.05, 4.69) is 4.90 Å². The molecule has 4 rings (SSSR count). The fraction of sp³-hybridized carbons (Fsp3) is 0.429. The lowest BCUT2D eigenvalue weighted by atomic mass is 9.75. The number of fused-ring (bicyclic) bond motifs is 1. The van der Waals surface area contributed by atoms with Gasteiger partial charge in [-0.05, 0) is 75.0 Å². The van der Waals surface area contributed by atoms with Crippen LogP contribution in [-0.4, -0.2) is 24.9 Å². The van der Waals surface area contributed by atoms with Gasteiger partial charge in [-0.15, -0.1) is 0 Å². The Morgan fingerprint density at radius 3 is 2.30 bits per heavy atom. The molecule has 2 aliphatic heterocycles. The molecule has 27 heavy (non-hydrogen) atoms. The minimum absolute atomic E-state index is 0.245. The quantitative estimate of drug-likeness (QED) is 0.766. The summed E-state index contributed by atoms with van der Waals surface area (Å²) in [6, 6.07) is 9.61. The van der Waals surface area contributed by atoms with E-state index < -0.39 is 18.3 Å². The van der Waals surface area contributed by atoms with E-state index in [4.69, 9.17) is 9.31 Å². The van der Waals surface area contributed by atoms with Gasteiger partial charge in [0.15, 0.2) is 0 Å². The number of anilines is 1. The summed E-state index contributed by atoms with van der Waals surface area (Å²) in [5, 5.41) is 0. The summed E-state index contributed by atoms with van der Waals surface area (Å²) >= 11 is 0. The molecule has 0 amide bonds. The standard InChI is InChI=1S/C21H24BF2NO2/c1-20(2)21(3,4)27-22(26-20)18-11-16(23)8-6-15(18)13-25-10-9-14-5-7-17(24)12-19(14)25/h5-8,11-12H,9-10,13H2,1-4H3. The van der Waals surface area contributed by atoms with Crippen molar-refractivity contribution in [3.05, 3.63) is 59.2 Å². The minimum Gasteiger partial charge on any atom is -0.399 e. The Balaban J connectivity index is 1.65. The first-order valence-electron chi connectivity index (χ1n) is 9.34. The molecule has 0 bridgehead atoms. The maximum Gasteiger partial charge on any atom is 0.495 e. The largest absolute Gasteiger partial charge is 0.495 e. The second-order valence-electron chi connectivity index (χ2n) is 8.38. The average Bonchev–Trinajstić information content (AvgIpc) is 3.06. The lowest BCUT2D eigenvalue weighted by Gasteiger charge is -2.32.